The summed E-state index contributed by atoms with van der Waals surface area (Å²) in [6, 6.07) is 0.381. The molecule has 0 bridgehead atoms. The molecule has 14 heavy (non-hydrogen) atoms. The van der Waals surface area contributed by atoms with E-state index >= 15 is 0 Å². The molecule has 0 heterocycles. The lowest BCUT2D eigenvalue weighted by atomic mass is 10.1. The van der Waals surface area contributed by atoms with Crippen molar-refractivity contribution in [1.82, 2.24) is 5.32 Å². The number of carboxylic acids is 1. The maximum absolute atomic E-state index is 10.3. The van der Waals surface area contributed by atoms with Gasteiger partial charge in [0.25, 0.3) is 0 Å². The minimum atomic E-state index is -0.950. The lowest BCUT2D eigenvalue weighted by molar-refractivity contribution is -0.139. The molecule has 0 aromatic rings. The van der Waals surface area contributed by atoms with Crippen LogP contribution in [0.3, 0.4) is 0 Å². The van der Waals surface area contributed by atoms with Crippen molar-refractivity contribution in [1.29, 1.82) is 0 Å². The van der Waals surface area contributed by atoms with Gasteiger partial charge in [0.2, 0.25) is 0 Å². The quantitative estimate of drug-likeness (QED) is 0.564. The normalized spacial score (nSPS) is 20.4. The Hall–Kier alpha value is -0.610. The first-order chi connectivity index (χ1) is 6.58. The molecule has 2 atom stereocenters. The molecule has 0 amide bonds. The van der Waals surface area contributed by atoms with Gasteiger partial charge in [-0.2, -0.15) is 0 Å². The number of carboxylic acid groups (broad SMARTS) is 1. The van der Waals surface area contributed by atoms with Crippen LogP contribution in [-0.4, -0.2) is 34.9 Å². The zero-order valence-electron chi connectivity index (χ0n) is 8.57. The Bertz CT molecular complexity index is 192. The molecule has 3 N–H and O–H groups in total. The summed E-state index contributed by atoms with van der Waals surface area (Å²) in [5.74, 6) is -0.0942. The molecule has 1 aliphatic carbocycles. The predicted molar refractivity (Wildman–Crippen MR) is 53.1 cm³/mol. The molecule has 4 nitrogen and oxygen atoms in total. The second kappa shape index (κ2) is 5.32. The van der Waals surface area contributed by atoms with Crippen LogP contribution in [0.15, 0.2) is 0 Å². The molecule has 1 saturated carbocycles. The lowest BCUT2D eigenvalue weighted by Crippen LogP contribution is -2.35. The summed E-state index contributed by atoms with van der Waals surface area (Å²) in [5, 5.41) is 20.8. The summed E-state index contributed by atoms with van der Waals surface area (Å²) in [6.45, 7) is 2.45. The molecule has 0 spiro atoms. The van der Waals surface area contributed by atoms with Crippen molar-refractivity contribution >= 4 is 5.97 Å². The first-order valence-electron chi connectivity index (χ1n) is 5.21. The van der Waals surface area contributed by atoms with E-state index in [1.54, 1.807) is 0 Å². The number of hydrogen-bond acceptors (Lipinski definition) is 3. The van der Waals surface area contributed by atoms with Gasteiger partial charge in [-0.1, -0.05) is 12.8 Å². The Morgan fingerprint density at radius 2 is 2.21 bits per heavy atom. The third-order valence-corrected chi connectivity index (χ3v) is 2.50. The fourth-order valence-electron chi connectivity index (χ4n) is 1.55. The average molecular weight is 201 g/mol. The second-order valence-electron chi connectivity index (χ2n) is 4.24. The molecule has 0 radical (unpaired) electrons. The fourth-order valence-corrected chi connectivity index (χ4v) is 1.55. The van der Waals surface area contributed by atoms with Crippen LogP contribution in [-0.2, 0) is 4.79 Å². The number of hydrogen-bond donors (Lipinski definition) is 3. The van der Waals surface area contributed by atoms with E-state index < -0.39 is 12.1 Å². The minimum Gasteiger partial charge on any atom is -0.481 e. The SMILES string of the molecule is CC(CC1CC1)NCC(O)CC(=O)O. The van der Waals surface area contributed by atoms with E-state index in [1.807, 2.05) is 0 Å². The van der Waals surface area contributed by atoms with Crippen molar-refractivity contribution in [2.24, 2.45) is 5.92 Å². The Morgan fingerprint density at radius 3 is 2.71 bits per heavy atom. The molecule has 1 rings (SSSR count). The zero-order chi connectivity index (χ0) is 10.6. The molecule has 0 aliphatic heterocycles. The summed E-state index contributed by atoms with van der Waals surface area (Å²) < 4.78 is 0. The lowest BCUT2D eigenvalue weighted by Gasteiger charge is -2.15. The maximum atomic E-state index is 10.3. The van der Waals surface area contributed by atoms with E-state index in [1.165, 1.54) is 12.8 Å². The molecule has 1 aliphatic rings. The first kappa shape index (κ1) is 11.5. The average Bonchev–Trinajstić information content (AvgIpc) is 2.83. The van der Waals surface area contributed by atoms with Gasteiger partial charge in [0.05, 0.1) is 12.5 Å². The Kier molecular flexibility index (Phi) is 4.35. The van der Waals surface area contributed by atoms with Crippen molar-refractivity contribution in [2.75, 3.05) is 6.54 Å². The van der Waals surface area contributed by atoms with E-state index in [2.05, 4.69) is 12.2 Å². The summed E-state index contributed by atoms with van der Waals surface area (Å²) in [5.41, 5.74) is 0. The highest BCUT2D eigenvalue weighted by Crippen LogP contribution is 2.33. The largest absolute Gasteiger partial charge is 0.481 e. The molecule has 4 heteroatoms. The van der Waals surface area contributed by atoms with Crippen molar-refractivity contribution in [2.45, 2.75) is 44.8 Å². The number of aliphatic carboxylic acids is 1. The van der Waals surface area contributed by atoms with Gasteiger partial charge in [-0.3, -0.25) is 4.79 Å². The minimum absolute atomic E-state index is 0.177. The zero-order valence-corrected chi connectivity index (χ0v) is 8.57. The molecular formula is C10H19NO3. The highest BCUT2D eigenvalue weighted by molar-refractivity contribution is 5.67. The summed E-state index contributed by atoms with van der Waals surface area (Å²) in [4.78, 5) is 10.3. The van der Waals surface area contributed by atoms with Gasteiger partial charge >= 0.3 is 5.97 Å². The first-order valence-corrected chi connectivity index (χ1v) is 5.21. The van der Waals surface area contributed by atoms with Gasteiger partial charge in [-0.25, -0.2) is 0 Å². The second-order valence-corrected chi connectivity index (χ2v) is 4.24. The van der Waals surface area contributed by atoms with E-state index in [0.717, 1.165) is 12.3 Å². The van der Waals surface area contributed by atoms with Crippen molar-refractivity contribution in [3.8, 4) is 0 Å². The third kappa shape index (κ3) is 5.19. The number of aliphatic hydroxyl groups is 1. The Balaban J connectivity index is 2.02. The van der Waals surface area contributed by atoms with Crippen LogP contribution in [0.4, 0.5) is 0 Å². The molecule has 0 saturated heterocycles. The van der Waals surface area contributed by atoms with Crippen molar-refractivity contribution < 1.29 is 15.0 Å². The van der Waals surface area contributed by atoms with Gasteiger partial charge in [-0.05, 0) is 19.3 Å². The van der Waals surface area contributed by atoms with Crippen molar-refractivity contribution in [3.05, 3.63) is 0 Å². The monoisotopic (exact) mass is 201 g/mol. The third-order valence-electron chi connectivity index (χ3n) is 2.50. The summed E-state index contributed by atoms with van der Waals surface area (Å²) in [7, 11) is 0. The maximum Gasteiger partial charge on any atom is 0.306 e. The van der Waals surface area contributed by atoms with Gasteiger partial charge in [-0.15, -0.1) is 0 Å². The molecule has 1 fully saturated rings. The smallest absolute Gasteiger partial charge is 0.306 e. The topological polar surface area (TPSA) is 69.6 Å². The Labute approximate surface area is 84.3 Å². The molecular weight excluding hydrogens is 182 g/mol. The van der Waals surface area contributed by atoms with E-state index in [-0.39, 0.29) is 6.42 Å². The van der Waals surface area contributed by atoms with Crippen molar-refractivity contribution in [3.63, 3.8) is 0 Å². The number of aliphatic hydroxyl groups excluding tert-OH is 1. The van der Waals surface area contributed by atoms with Crippen LogP contribution < -0.4 is 5.32 Å². The van der Waals surface area contributed by atoms with Crippen LogP contribution >= 0.6 is 0 Å². The van der Waals surface area contributed by atoms with Gasteiger partial charge in [0, 0.05) is 12.6 Å². The fraction of sp³-hybridized carbons (Fsp3) is 0.900. The standard InChI is InChI=1S/C10H19NO3/c1-7(4-8-2-3-8)11-6-9(12)5-10(13)14/h7-9,11-12H,2-6H2,1H3,(H,13,14). The van der Waals surface area contributed by atoms with Crippen LogP contribution in [0.2, 0.25) is 0 Å². The molecule has 82 valence electrons. The number of nitrogens with one attached hydrogen (secondary N) is 1. The molecule has 0 aromatic heterocycles. The van der Waals surface area contributed by atoms with Crippen LogP contribution in [0.25, 0.3) is 0 Å². The Morgan fingerprint density at radius 1 is 1.57 bits per heavy atom. The van der Waals surface area contributed by atoms with Gasteiger partial charge in [0.15, 0.2) is 0 Å². The van der Waals surface area contributed by atoms with Gasteiger partial charge in [0.1, 0.15) is 0 Å². The van der Waals surface area contributed by atoms with E-state index in [0.29, 0.717) is 12.6 Å². The van der Waals surface area contributed by atoms with E-state index in [4.69, 9.17) is 5.11 Å². The summed E-state index contributed by atoms with van der Waals surface area (Å²) >= 11 is 0. The number of rotatable bonds is 7. The highest BCUT2D eigenvalue weighted by Gasteiger charge is 2.23. The highest BCUT2D eigenvalue weighted by atomic mass is 16.4. The predicted octanol–water partition coefficient (Wildman–Crippen LogP) is 0.600. The summed E-state index contributed by atoms with van der Waals surface area (Å²) in [6.07, 6.45) is 2.84. The molecule has 2 unspecified atom stereocenters. The van der Waals surface area contributed by atoms with Crippen LogP contribution in [0.5, 0.6) is 0 Å². The van der Waals surface area contributed by atoms with E-state index in [9.17, 15) is 9.90 Å². The van der Waals surface area contributed by atoms with Crippen LogP contribution in [0, 0.1) is 5.92 Å². The van der Waals surface area contributed by atoms with Crippen LogP contribution in [0.1, 0.15) is 32.6 Å². The molecule has 0 aromatic carbocycles. The van der Waals surface area contributed by atoms with Gasteiger partial charge < -0.3 is 15.5 Å². The number of carbonyl (C=O) groups is 1.